The summed E-state index contributed by atoms with van der Waals surface area (Å²) in [6.45, 7) is 4.23. The van der Waals surface area contributed by atoms with Crippen molar-refractivity contribution >= 4 is 17.3 Å². The number of benzene rings is 1. The number of amides is 1. The van der Waals surface area contributed by atoms with Gasteiger partial charge in [-0.05, 0) is 31.0 Å². The highest BCUT2D eigenvalue weighted by atomic mass is 16.5. The summed E-state index contributed by atoms with van der Waals surface area (Å²) in [5.41, 5.74) is 8.05. The molecule has 0 saturated heterocycles. The van der Waals surface area contributed by atoms with Crippen LogP contribution in [0.15, 0.2) is 18.2 Å². The second-order valence-electron chi connectivity index (χ2n) is 5.24. The lowest BCUT2D eigenvalue weighted by Crippen LogP contribution is -2.25. The molecule has 0 heterocycles. The fourth-order valence-electron chi connectivity index (χ4n) is 1.93. The van der Waals surface area contributed by atoms with E-state index in [0.29, 0.717) is 24.4 Å². The van der Waals surface area contributed by atoms with Gasteiger partial charge in [0.05, 0.1) is 11.4 Å². The van der Waals surface area contributed by atoms with Crippen molar-refractivity contribution in [3.8, 4) is 0 Å². The summed E-state index contributed by atoms with van der Waals surface area (Å²) in [5, 5.41) is 2.88. The first-order valence-corrected chi connectivity index (χ1v) is 7.49. The van der Waals surface area contributed by atoms with Gasteiger partial charge in [-0.2, -0.15) is 0 Å². The summed E-state index contributed by atoms with van der Waals surface area (Å²) < 4.78 is 5.45. The van der Waals surface area contributed by atoms with E-state index >= 15 is 0 Å². The van der Waals surface area contributed by atoms with Crippen molar-refractivity contribution in [2.24, 2.45) is 0 Å². The number of hydrogen-bond donors (Lipinski definition) is 2. The van der Waals surface area contributed by atoms with E-state index in [1.54, 1.807) is 12.1 Å². The summed E-state index contributed by atoms with van der Waals surface area (Å²) in [6, 6.07) is 5.36. The highest BCUT2D eigenvalue weighted by Gasteiger charge is 2.08. The Hall–Kier alpha value is -1.75. The third kappa shape index (κ3) is 6.04. The van der Waals surface area contributed by atoms with Crippen LogP contribution in [0.25, 0.3) is 0 Å². The molecule has 0 aliphatic carbocycles. The minimum absolute atomic E-state index is 0.0967. The average Bonchev–Trinajstić information content (AvgIpc) is 2.45. The van der Waals surface area contributed by atoms with Crippen LogP contribution in [0.2, 0.25) is 0 Å². The number of nitrogens with zero attached hydrogens (tertiary/aromatic N) is 1. The van der Waals surface area contributed by atoms with Crippen LogP contribution in [-0.2, 0) is 4.74 Å². The molecule has 0 saturated carbocycles. The summed E-state index contributed by atoms with van der Waals surface area (Å²) in [5.74, 6) is -0.0967. The maximum atomic E-state index is 12.0. The van der Waals surface area contributed by atoms with Crippen LogP contribution in [0.4, 0.5) is 11.4 Å². The Balaban J connectivity index is 2.34. The SMILES string of the molecule is CCCCOCCCNC(=O)c1ccc(N(C)C)c(N)c1. The van der Waals surface area contributed by atoms with E-state index in [1.165, 1.54) is 0 Å². The van der Waals surface area contributed by atoms with E-state index in [2.05, 4.69) is 12.2 Å². The Morgan fingerprint density at radius 1 is 1.29 bits per heavy atom. The molecular weight excluding hydrogens is 266 g/mol. The molecule has 5 heteroatoms. The Morgan fingerprint density at radius 3 is 2.62 bits per heavy atom. The average molecular weight is 293 g/mol. The predicted molar refractivity (Wildman–Crippen MR) is 87.9 cm³/mol. The van der Waals surface area contributed by atoms with Gasteiger partial charge in [-0.3, -0.25) is 4.79 Å². The zero-order chi connectivity index (χ0) is 15.7. The molecule has 0 radical (unpaired) electrons. The Kier molecular flexibility index (Phi) is 7.61. The standard InChI is InChI=1S/C16H27N3O2/c1-4-5-10-21-11-6-9-18-16(20)13-7-8-15(19(2)3)14(17)12-13/h7-8,12H,4-6,9-11,17H2,1-3H3,(H,18,20). The lowest BCUT2D eigenvalue weighted by atomic mass is 10.1. The van der Waals surface area contributed by atoms with Crippen LogP contribution >= 0.6 is 0 Å². The summed E-state index contributed by atoms with van der Waals surface area (Å²) >= 11 is 0. The van der Waals surface area contributed by atoms with Crippen LogP contribution in [0.3, 0.4) is 0 Å². The fraction of sp³-hybridized carbons (Fsp3) is 0.562. The van der Waals surface area contributed by atoms with Gasteiger partial charge in [-0.25, -0.2) is 0 Å². The predicted octanol–water partition coefficient (Wildman–Crippen LogP) is 2.27. The van der Waals surface area contributed by atoms with Gasteiger partial charge in [-0.1, -0.05) is 13.3 Å². The molecule has 0 atom stereocenters. The van der Waals surface area contributed by atoms with Gasteiger partial charge in [-0.15, -0.1) is 0 Å². The number of carbonyl (C=O) groups excluding carboxylic acids is 1. The Bertz CT molecular complexity index is 447. The van der Waals surface area contributed by atoms with Gasteiger partial charge >= 0.3 is 0 Å². The largest absolute Gasteiger partial charge is 0.397 e. The van der Waals surface area contributed by atoms with E-state index in [4.69, 9.17) is 10.5 Å². The lowest BCUT2D eigenvalue weighted by molar-refractivity contribution is 0.0940. The molecule has 3 N–H and O–H groups in total. The van der Waals surface area contributed by atoms with E-state index in [-0.39, 0.29) is 5.91 Å². The molecule has 0 fully saturated rings. The highest BCUT2D eigenvalue weighted by Crippen LogP contribution is 2.22. The topological polar surface area (TPSA) is 67.6 Å². The van der Waals surface area contributed by atoms with Gasteiger partial charge in [0.15, 0.2) is 0 Å². The number of nitrogen functional groups attached to an aromatic ring is 1. The quantitative estimate of drug-likeness (QED) is 0.541. The molecule has 1 aromatic rings. The molecule has 0 unspecified atom stereocenters. The van der Waals surface area contributed by atoms with Gasteiger partial charge in [0.1, 0.15) is 0 Å². The number of nitrogens with two attached hydrogens (primary N) is 1. The minimum Gasteiger partial charge on any atom is -0.397 e. The van der Waals surface area contributed by atoms with Crippen molar-refractivity contribution in [2.75, 3.05) is 44.5 Å². The number of carbonyl (C=O) groups is 1. The van der Waals surface area contributed by atoms with Crippen LogP contribution in [0, 0.1) is 0 Å². The number of unbranched alkanes of at least 4 members (excludes halogenated alkanes) is 1. The molecule has 21 heavy (non-hydrogen) atoms. The normalized spacial score (nSPS) is 10.4. The van der Waals surface area contributed by atoms with Crippen molar-refractivity contribution in [3.63, 3.8) is 0 Å². The summed E-state index contributed by atoms with van der Waals surface area (Å²) in [7, 11) is 3.84. The summed E-state index contributed by atoms with van der Waals surface area (Å²) in [4.78, 5) is 13.9. The lowest BCUT2D eigenvalue weighted by Gasteiger charge is -2.15. The molecule has 118 valence electrons. The smallest absolute Gasteiger partial charge is 0.251 e. The van der Waals surface area contributed by atoms with Gasteiger partial charge in [0.2, 0.25) is 0 Å². The second-order valence-corrected chi connectivity index (χ2v) is 5.24. The Morgan fingerprint density at radius 2 is 2.00 bits per heavy atom. The van der Waals surface area contributed by atoms with Crippen LogP contribution in [0.5, 0.6) is 0 Å². The third-order valence-electron chi connectivity index (χ3n) is 3.16. The van der Waals surface area contributed by atoms with Crippen molar-refractivity contribution in [3.05, 3.63) is 23.8 Å². The van der Waals surface area contributed by atoms with E-state index in [0.717, 1.165) is 31.6 Å². The van der Waals surface area contributed by atoms with Crippen LogP contribution in [0.1, 0.15) is 36.5 Å². The molecule has 0 aliphatic rings. The van der Waals surface area contributed by atoms with Crippen LogP contribution < -0.4 is 16.0 Å². The number of anilines is 2. The minimum atomic E-state index is -0.0967. The molecule has 5 nitrogen and oxygen atoms in total. The maximum absolute atomic E-state index is 12.0. The van der Waals surface area contributed by atoms with Crippen LogP contribution in [-0.4, -0.2) is 39.8 Å². The zero-order valence-corrected chi connectivity index (χ0v) is 13.3. The van der Waals surface area contributed by atoms with Gasteiger partial charge < -0.3 is 20.7 Å². The first-order chi connectivity index (χ1) is 10.1. The molecular formula is C16H27N3O2. The van der Waals surface area contributed by atoms with E-state index < -0.39 is 0 Å². The number of ether oxygens (including phenoxy) is 1. The molecule has 1 aromatic carbocycles. The fourth-order valence-corrected chi connectivity index (χ4v) is 1.93. The second kappa shape index (κ2) is 9.23. The molecule has 0 spiro atoms. The number of hydrogen-bond acceptors (Lipinski definition) is 4. The van der Waals surface area contributed by atoms with Crippen molar-refractivity contribution in [2.45, 2.75) is 26.2 Å². The van der Waals surface area contributed by atoms with Crippen molar-refractivity contribution < 1.29 is 9.53 Å². The van der Waals surface area contributed by atoms with Crippen molar-refractivity contribution in [1.82, 2.24) is 5.32 Å². The monoisotopic (exact) mass is 293 g/mol. The van der Waals surface area contributed by atoms with E-state index in [9.17, 15) is 4.79 Å². The highest BCUT2D eigenvalue weighted by molar-refractivity contribution is 5.96. The van der Waals surface area contributed by atoms with Crippen molar-refractivity contribution in [1.29, 1.82) is 0 Å². The van der Waals surface area contributed by atoms with Gasteiger partial charge in [0.25, 0.3) is 5.91 Å². The zero-order valence-electron chi connectivity index (χ0n) is 13.3. The Labute approximate surface area is 127 Å². The van der Waals surface area contributed by atoms with Gasteiger partial charge in [0, 0.05) is 39.4 Å². The summed E-state index contributed by atoms with van der Waals surface area (Å²) in [6.07, 6.45) is 3.05. The molecule has 0 aromatic heterocycles. The molecule has 0 aliphatic heterocycles. The maximum Gasteiger partial charge on any atom is 0.251 e. The first kappa shape index (κ1) is 17.3. The molecule has 1 amide bonds. The van der Waals surface area contributed by atoms with E-state index in [1.807, 2.05) is 25.1 Å². The third-order valence-corrected chi connectivity index (χ3v) is 3.16. The molecule has 1 rings (SSSR count). The first-order valence-electron chi connectivity index (χ1n) is 7.49. The molecule has 0 bridgehead atoms. The number of nitrogens with one attached hydrogen (secondary N) is 1. The number of rotatable bonds is 9.